The average molecular weight is 272 g/mol. The molecule has 96 valence electrons. The number of aryl methyl sites for hydroxylation is 1. The Hall–Kier alpha value is -2.14. The number of benzene rings is 1. The van der Waals surface area contributed by atoms with Crippen molar-refractivity contribution in [1.82, 2.24) is 9.38 Å². The molecule has 0 amide bonds. The molecule has 0 saturated heterocycles. The number of hydrogen-bond acceptors (Lipinski definition) is 4. The summed E-state index contributed by atoms with van der Waals surface area (Å²) in [5, 5.41) is 2.02. The summed E-state index contributed by atoms with van der Waals surface area (Å²) in [5.74, 6) is 0.812. The van der Waals surface area contributed by atoms with Gasteiger partial charge in [-0.1, -0.05) is 11.6 Å². The van der Waals surface area contributed by atoms with E-state index in [0.29, 0.717) is 5.69 Å². The number of imidazole rings is 1. The summed E-state index contributed by atoms with van der Waals surface area (Å²) in [6, 6.07) is 6.03. The zero-order chi connectivity index (χ0) is 13.4. The molecule has 0 N–H and O–H groups in total. The standard InChI is InChI=1S/C14H12N2O2S/c1-9-3-4-13(18-2)11(5-9)12-8-19-14-15-10(7-17)6-16(12)14/h3-8H,1-2H3. The minimum absolute atomic E-state index is 0.444. The van der Waals surface area contributed by atoms with E-state index in [2.05, 4.69) is 11.1 Å². The van der Waals surface area contributed by atoms with Gasteiger partial charge in [0.2, 0.25) is 0 Å². The molecule has 0 spiro atoms. The molecule has 0 saturated carbocycles. The van der Waals surface area contributed by atoms with E-state index in [1.165, 1.54) is 11.3 Å². The van der Waals surface area contributed by atoms with Gasteiger partial charge in [-0.05, 0) is 19.1 Å². The van der Waals surface area contributed by atoms with Crippen LogP contribution in [0.1, 0.15) is 16.1 Å². The summed E-state index contributed by atoms with van der Waals surface area (Å²) >= 11 is 1.51. The normalized spacial score (nSPS) is 10.8. The molecular formula is C14H12N2O2S. The highest BCUT2D eigenvalue weighted by molar-refractivity contribution is 7.15. The zero-order valence-corrected chi connectivity index (χ0v) is 11.4. The van der Waals surface area contributed by atoms with Gasteiger partial charge in [0.15, 0.2) is 11.2 Å². The Labute approximate surface area is 114 Å². The molecule has 1 aromatic carbocycles. The summed E-state index contributed by atoms with van der Waals surface area (Å²) in [7, 11) is 1.66. The van der Waals surface area contributed by atoms with Gasteiger partial charge in [-0.25, -0.2) is 4.98 Å². The van der Waals surface area contributed by atoms with Crippen LogP contribution in [0.4, 0.5) is 0 Å². The van der Waals surface area contributed by atoms with Gasteiger partial charge < -0.3 is 4.74 Å². The molecule has 0 unspecified atom stereocenters. The summed E-state index contributed by atoms with van der Waals surface area (Å²) in [6.07, 6.45) is 2.51. The predicted molar refractivity (Wildman–Crippen MR) is 75.2 cm³/mol. The maximum absolute atomic E-state index is 10.8. The van der Waals surface area contributed by atoms with Crippen LogP contribution in [-0.2, 0) is 0 Å². The molecule has 3 rings (SSSR count). The van der Waals surface area contributed by atoms with Crippen LogP contribution in [0.3, 0.4) is 0 Å². The van der Waals surface area contributed by atoms with E-state index in [4.69, 9.17) is 4.74 Å². The van der Waals surface area contributed by atoms with Gasteiger partial charge in [0.05, 0.1) is 12.8 Å². The first kappa shape index (κ1) is 11.9. The first-order valence-corrected chi connectivity index (χ1v) is 6.67. The van der Waals surface area contributed by atoms with Gasteiger partial charge in [0, 0.05) is 17.1 Å². The summed E-state index contributed by atoms with van der Waals surface area (Å²) in [5.41, 5.74) is 3.59. The van der Waals surface area contributed by atoms with E-state index in [9.17, 15) is 4.79 Å². The number of rotatable bonds is 3. The van der Waals surface area contributed by atoms with Crippen LogP contribution in [0.5, 0.6) is 5.75 Å². The van der Waals surface area contributed by atoms with E-state index in [1.807, 2.05) is 28.8 Å². The third-order valence-corrected chi connectivity index (χ3v) is 3.82. The van der Waals surface area contributed by atoms with Crippen LogP contribution in [0.2, 0.25) is 0 Å². The molecular weight excluding hydrogens is 260 g/mol. The lowest BCUT2D eigenvalue weighted by Gasteiger charge is -2.08. The van der Waals surface area contributed by atoms with Crippen molar-refractivity contribution in [2.75, 3.05) is 7.11 Å². The van der Waals surface area contributed by atoms with Gasteiger partial charge in [0.1, 0.15) is 11.4 Å². The van der Waals surface area contributed by atoms with Gasteiger partial charge >= 0.3 is 0 Å². The van der Waals surface area contributed by atoms with E-state index < -0.39 is 0 Å². The lowest BCUT2D eigenvalue weighted by Crippen LogP contribution is -1.91. The minimum Gasteiger partial charge on any atom is -0.496 e. The second kappa shape index (κ2) is 4.51. The fraction of sp³-hybridized carbons (Fsp3) is 0.143. The van der Waals surface area contributed by atoms with Crippen LogP contribution in [-0.4, -0.2) is 22.8 Å². The number of nitrogens with zero attached hydrogens (tertiary/aromatic N) is 2. The van der Waals surface area contributed by atoms with Crippen molar-refractivity contribution in [3.05, 3.63) is 41.0 Å². The highest BCUT2D eigenvalue weighted by atomic mass is 32.1. The van der Waals surface area contributed by atoms with E-state index >= 15 is 0 Å². The van der Waals surface area contributed by atoms with Crippen molar-refractivity contribution in [3.8, 4) is 17.0 Å². The number of ether oxygens (including phenoxy) is 1. The quantitative estimate of drug-likeness (QED) is 0.688. The molecule has 19 heavy (non-hydrogen) atoms. The average Bonchev–Trinajstić information content (AvgIpc) is 2.97. The van der Waals surface area contributed by atoms with E-state index in [-0.39, 0.29) is 0 Å². The fourth-order valence-corrected chi connectivity index (χ4v) is 2.95. The number of aromatic nitrogens is 2. The highest BCUT2D eigenvalue weighted by Crippen LogP contribution is 2.33. The molecule has 0 radical (unpaired) electrons. The molecule has 0 aliphatic heterocycles. The second-order valence-corrected chi connectivity index (χ2v) is 5.10. The number of aldehydes is 1. The zero-order valence-electron chi connectivity index (χ0n) is 10.6. The minimum atomic E-state index is 0.444. The molecule has 0 aliphatic carbocycles. The van der Waals surface area contributed by atoms with E-state index in [0.717, 1.165) is 33.8 Å². The SMILES string of the molecule is COc1ccc(C)cc1-c1csc2nc(C=O)cn12. The predicted octanol–water partition coefficient (Wildman–Crippen LogP) is 3.19. The molecule has 0 atom stereocenters. The van der Waals surface area contributed by atoms with E-state index in [1.54, 1.807) is 13.3 Å². The third-order valence-electron chi connectivity index (χ3n) is 2.98. The topological polar surface area (TPSA) is 43.6 Å². The number of carbonyl (C=O) groups excluding carboxylic acids is 1. The largest absolute Gasteiger partial charge is 0.496 e. The molecule has 2 heterocycles. The summed E-state index contributed by atoms with van der Waals surface area (Å²) in [4.78, 5) is 15.8. The lowest BCUT2D eigenvalue weighted by atomic mass is 10.1. The third kappa shape index (κ3) is 1.92. The van der Waals surface area contributed by atoms with Crippen LogP contribution in [0, 0.1) is 6.92 Å². The van der Waals surface area contributed by atoms with Gasteiger partial charge in [-0.15, -0.1) is 11.3 Å². The molecule has 4 nitrogen and oxygen atoms in total. The van der Waals surface area contributed by atoms with Crippen molar-refractivity contribution in [1.29, 1.82) is 0 Å². The summed E-state index contributed by atoms with van der Waals surface area (Å²) in [6.45, 7) is 2.04. The van der Waals surface area contributed by atoms with Crippen molar-refractivity contribution in [2.24, 2.45) is 0 Å². The van der Waals surface area contributed by atoms with Crippen LogP contribution < -0.4 is 4.74 Å². The molecule has 0 bridgehead atoms. The first-order chi connectivity index (χ1) is 9.22. The molecule has 0 fully saturated rings. The van der Waals surface area contributed by atoms with Gasteiger partial charge in [-0.3, -0.25) is 9.20 Å². The van der Waals surface area contributed by atoms with Crippen molar-refractivity contribution in [2.45, 2.75) is 6.92 Å². The maximum atomic E-state index is 10.8. The fourth-order valence-electron chi connectivity index (χ4n) is 2.07. The van der Waals surface area contributed by atoms with Crippen molar-refractivity contribution < 1.29 is 9.53 Å². The monoisotopic (exact) mass is 272 g/mol. The molecule has 3 aromatic rings. The molecule has 5 heteroatoms. The van der Waals surface area contributed by atoms with Crippen molar-refractivity contribution in [3.63, 3.8) is 0 Å². The number of carbonyl (C=O) groups is 1. The van der Waals surface area contributed by atoms with Crippen LogP contribution in [0.15, 0.2) is 29.8 Å². The van der Waals surface area contributed by atoms with Gasteiger partial charge in [-0.2, -0.15) is 0 Å². The van der Waals surface area contributed by atoms with Crippen LogP contribution >= 0.6 is 11.3 Å². The Morgan fingerprint density at radius 1 is 1.42 bits per heavy atom. The van der Waals surface area contributed by atoms with Crippen molar-refractivity contribution >= 4 is 22.6 Å². The number of methoxy groups -OCH3 is 1. The molecule has 0 aliphatic rings. The lowest BCUT2D eigenvalue weighted by molar-refractivity contribution is 0.111. The Morgan fingerprint density at radius 3 is 3.00 bits per heavy atom. The Balaban J connectivity index is 2.26. The summed E-state index contributed by atoms with van der Waals surface area (Å²) < 4.78 is 7.33. The van der Waals surface area contributed by atoms with Gasteiger partial charge in [0.25, 0.3) is 0 Å². The Bertz CT molecular complexity index is 758. The molecule has 2 aromatic heterocycles. The number of fused-ring (bicyclic) bond motifs is 1. The number of thiazole rings is 1. The number of hydrogen-bond donors (Lipinski definition) is 0. The maximum Gasteiger partial charge on any atom is 0.194 e. The second-order valence-electron chi connectivity index (χ2n) is 4.26. The first-order valence-electron chi connectivity index (χ1n) is 5.79. The van der Waals surface area contributed by atoms with Crippen LogP contribution in [0.25, 0.3) is 16.2 Å². The smallest absolute Gasteiger partial charge is 0.194 e. The Kier molecular flexibility index (Phi) is 2.83. The highest BCUT2D eigenvalue weighted by Gasteiger charge is 2.13. The Morgan fingerprint density at radius 2 is 2.26 bits per heavy atom.